The van der Waals surface area contributed by atoms with Gasteiger partial charge in [0, 0.05) is 32.8 Å². The lowest BCUT2D eigenvalue weighted by atomic mass is 9.91. The minimum Gasteiger partial charge on any atom is -0.309 e. The second-order valence-corrected chi connectivity index (χ2v) is 12.3. The Kier molecular flexibility index (Phi) is 6.56. The van der Waals surface area contributed by atoms with Crippen LogP contribution in [0.15, 0.2) is 152 Å². The summed E-state index contributed by atoms with van der Waals surface area (Å²) in [5.41, 5.74) is 11.7. The number of benzene rings is 7. The van der Waals surface area contributed by atoms with E-state index in [1.54, 1.807) is 0 Å². The molecule has 0 aliphatic rings. The highest BCUT2D eigenvalue weighted by Crippen LogP contribution is 2.41. The standard InChI is InChI=1S/C45H25N5/c46-26-29-19-21-34(31-9-7-11-33(25-31)49-42-17-6-3-14-37(42)45-32(28-48)10-8-18-44(45)49)38(23-29)35-12-1-4-15-40(35)50-41-16-5-2-13-36(41)39-24-30(27-47)20-22-43(39)50/h1-25H. The average molecular weight is 636 g/mol. The topological polar surface area (TPSA) is 81.2 Å². The van der Waals surface area contributed by atoms with E-state index < -0.39 is 0 Å². The number of nitriles is 3. The first kappa shape index (κ1) is 28.8. The van der Waals surface area contributed by atoms with Crippen LogP contribution in [0.2, 0.25) is 0 Å². The summed E-state index contributed by atoms with van der Waals surface area (Å²) in [6.45, 7) is 0. The zero-order chi connectivity index (χ0) is 33.8. The highest BCUT2D eigenvalue weighted by Gasteiger charge is 2.20. The Morgan fingerprint density at radius 2 is 1.06 bits per heavy atom. The van der Waals surface area contributed by atoms with Crippen LogP contribution >= 0.6 is 0 Å². The lowest BCUT2D eigenvalue weighted by molar-refractivity contribution is 1.18. The maximum atomic E-state index is 10.1. The van der Waals surface area contributed by atoms with Gasteiger partial charge in [-0.25, -0.2) is 0 Å². The fourth-order valence-electron chi connectivity index (χ4n) is 7.49. The molecule has 0 aliphatic heterocycles. The molecule has 2 heterocycles. The lowest BCUT2D eigenvalue weighted by Crippen LogP contribution is -1.99. The first-order valence-corrected chi connectivity index (χ1v) is 16.3. The van der Waals surface area contributed by atoms with Crippen LogP contribution in [-0.2, 0) is 0 Å². The fourth-order valence-corrected chi connectivity index (χ4v) is 7.49. The van der Waals surface area contributed by atoms with Crippen LogP contribution in [0.3, 0.4) is 0 Å². The molecule has 0 bridgehead atoms. The highest BCUT2D eigenvalue weighted by molar-refractivity contribution is 6.12. The van der Waals surface area contributed by atoms with Crippen molar-refractivity contribution in [3.63, 3.8) is 0 Å². The predicted octanol–water partition coefficient (Wildman–Crippen LogP) is 10.8. The molecule has 0 spiro atoms. The van der Waals surface area contributed by atoms with Gasteiger partial charge in [0.25, 0.3) is 0 Å². The maximum Gasteiger partial charge on any atom is 0.0998 e. The fraction of sp³-hybridized carbons (Fsp3) is 0. The van der Waals surface area contributed by atoms with E-state index in [1.807, 2.05) is 84.9 Å². The third-order valence-electron chi connectivity index (χ3n) is 9.62. The average Bonchev–Trinajstić information content (AvgIpc) is 3.70. The molecule has 0 amide bonds. The van der Waals surface area contributed by atoms with Gasteiger partial charge in [-0.2, -0.15) is 15.8 Å². The van der Waals surface area contributed by atoms with Crippen LogP contribution in [0.25, 0.3) is 77.2 Å². The second kappa shape index (κ2) is 11.4. The third kappa shape index (κ3) is 4.31. The Morgan fingerprint density at radius 1 is 0.400 bits per heavy atom. The summed E-state index contributed by atoms with van der Waals surface area (Å²) in [7, 11) is 0. The van der Waals surface area contributed by atoms with Crippen LogP contribution in [0.5, 0.6) is 0 Å². The van der Waals surface area contributed by atoms with E-state index >= 15 is 0 Å². The van der Waals surface area contributed by atoms with Gasteiger partial charge in [0.05, 0.1) is 62.7 Å². The van der Waals surface area contributed by atoms with Crippen LogP contribution < -0.4 is 0 Å². The highest BCUT2D eigenvalue weighted by atomic mass is 15.0. The predicted molar refractivity (Wildman–Crippen MR) is 200 cm³/mol. The Morgan fingerprint density at radius 3 is 1.88 bits per heavy atom. The Hall–Kier alpha value is -7.39. The smallest absolute Gasteiger partial charge is 0.0998 e. The van der Waals surface area contributed by atoms with Crippen molar-refractivity contribution in [3.8, 4) is 51.8 Å². The number of rotatable bonds is 4. The first-order chi connectivity index (χ1) is 24.7. The van der Waals surface area contributed by atoms with Gasteiger partial charge >= 0.3 is 0 Å². The molecule has 7 aromatic carbocycles. The van der Waals surface area contributed by atoms with Crippen molar-refractivity contribution in [2.45, 2.75) is 0 Å². The first-order valence-electron chi connectivity index (χ1n) is 16.3. The molecule has 0 N–H and O–H groups in total. The summed E-state index contributed by atoms with van der Waals surface area (Å²) < 4.78 is 4.48. The Bertz CT molecular complexity index is 2970. The summed E-state index contributed by atoms with van der Waals surface area (Å²) in [5, 5.41) is 33.8. The maximum absolute atomic E-state index is 10.1. The molecule has 0 saturated carbocycles. The van der Waals surface area contributed by atoms with Gasteiger partial charge < -0.3 is 9.13 Å². The van der Waals surface area contributed by atoms with E-state index in [1.165, 1.54) is 0 Å². The van der Waals surface area contributed by atoms with Crippen molar-refractivity contribution in [1.29, 1.82) is 15.8 Å². The van der Waals surface area contributed by atoms with Crippen LogP contribution in [0.1, 0.15) is 16.7 Å². The van der Waals surface area contributed by atoms with Crippen molar-refractivity contribution in [2.75, 3.05) is 0 Å². The van der Waals surface area contributed by atoms with E-state index in [0.717, 1.165) is 77.2 Å². The number of hydrogen-bond donors (Lipinski definition) is 0. The third-order valence-corrected chi connectivity index (χ3v) is 9.62. The van der Waals surface area contributed by atoms with E-state index in [9.17, 15) is 15.8 Å². The van der Waals surface area contributed by atoms with Gasteiger partial charge in [-0.1, -0.05) is 78.9 Å². The summed E-state index contributed by atoms with van der Waals surface area (Å²) in [4.78, 5) is 0. The molecular weight excluding hydrogens is 611 g/mol. The van der Waals surface area contributed by atoms with Gasteiger partial charge in [-0.3, -0.25) is 0 Å². The van der Waals surface area contributed by atoms with E-state index in [2.05, 4.69) is 94.1 Å². The van der Waals surface area contributed by atoms with Crippen molar-refractivity contribution in [2.24, 2.45) is 0 Å². The zero-order valence-corrected chi connectivity index (χ0v) is 26.7. The Balaban J connectivity index is 1.29. The quantitative estimate of drug-likeness (QED) is 0.193. The number of aromatic nitrogens is 2. The van der Waals surface area contributed by atoms with Gasteiger partial charge in [-0.15, -0.1) is 0 Å². The van der Waals surface area contributed by atoms with Crippen molar-refractivity contribution in [1.82, 2.24) is 9.13 Å². The van der Waals surface area contributed by atoms with Crippen LogP contribution in [0.4, 0.5) is 0 Å². The minimum absolute atomic E-state index is 0.571. The zero-order valence-electron chi connectivity index (χ0n) is 26.7. The Labute approximate surface area is 287 Å². The molecule has 0 atom stereocenters. The number of para-hydroxylation sites is 3. The summed E-state index contributed by atoms with van der Waals surface area (Å²) in [5.74, 6) is 0. The van der Waals surface area contributed by atoms with E-state index in [4.69, 9.17) is 0 Å². The minimum atomic E-state index is 0.571. The van der Waals surface area contributed by atoms with Gasteiger partial charge in [0.15, 0.2) is 0 Å². The molecule has 9 rings (SSSR count). The summed E-state index contributed by atoms with van der Waals surface area (Å²) in [6, 6.07) is 57.8. The molecule has 0 unspecified atom stereocenters. The van der Waals surface area contributed by atoms with Gasteiger partial charge in [0.1, 0.15) is 0 Å². The number of nitrogens with zero attached hydrogens (tertiary/aromatic N) is 5. The SMILES string of the molecule is N#Cc1ccc(-c2cccc(-n3c4ccccc4c4c(C#N)cccc43)c2)c(-c2ccccc2-n2c3ccccc3c3cc(C#N)ccc32)c1. The molecule has 50 heavy (non-hydrogen) atoms. The molecule has 5 heteroatoms. The molecule has 0 saturated heterocycles. The molecule has 9 aromatic rings. The van der Waals surface area contributed by atoms with Gasteiger partial charge in [0.2, 0.25) is 0 Å². The molecule has 2 aromatic heterocycles. The largest absolute Gasteiger partial charge is 0.309 e. The molecule has 5 nitrogen and oxygen atoms in total. The van der Waals surface area contributed by atoms with Crippen molar-refractivity contribution < 1.29 is 0 Å². The summed E-state index contributed by atoms with van der Waals surface area (Å²) in [6.07, 6.45) is 0. The second-order valence-electron chi connectivity index (χ2n) is 12.3. The van der Waals surface area contributed by atoms with Gasteiger partial charge in [-0.05, 0) is 89.5 Å². The normalized spacial score (nSPS) is 11.1. The van der Waals surface area contributed by atoms with Crippen LogP contribution in [-0.4, -0.2) is 9.13 Å². The molecular formula is C45H25N5. The number of fused-ring (bicyclic) bond motifs is 6. The summed E-state index contributed by atoms with van der Waals surface area (Å²) >= 11 is 0. The molecule has 0 radical (unpaired) electrons. The lowest BCUT2D eigenvalue weighted by Gasteiger charge is -2.18. The molecule has 0 fully saturated rings. The van der Waals surface area contributed by atoms with Crippen LogP contribution in [0, 0.1) is 34.0 Å². The van der Waals surface area contributed by atoms with E-state index in [-0.39, 0.29) is 0 Å². The van der Waals surface area contributed by atoms with Crippen molar-refractivity contribution in [3.05, 3.63) is 168 Å². The van der Waals surface area contributed by atoms with E-state index in [0.29, 0.717) is 16.7 Å². The molecule has 230 valence electrons. The monoisotopic (exact) mass is 635 g/mol. The molecule has 0 aliphatic carbocycles. The van der Waals surface area contributed by atoms with Crippen molar-refractivity contribution >= 4 is 43.6 Å². The number of hydrogen-bond acceptors (Lipinski definition) is 3.